The number of ketones is 1. The smallest absolute Gasteiger partial charge is 0.311 e. The number of rotatable bonds is 8. The minimum absolute atomic E-state index is 0.0740. The summed E-state index contributed by atoms with van der Waals surface area (Å²) < 4.78 is 12.7. The first-order chi connectivity index (χ1) is 14.3. The predicted octanol–water partition coefficient (Wildman–Crippen LogP) is 3.30. The average molecular weight is 412 g/mol. The van der Waals surface area contributed by atoms with Crippen LogP contribution in [0.25, 0.3) is 0 Å². The number of nitrogens with zero attached hydrogens (tertiary/aromatic N) is 2. The standard InChI is InChI=1S/C23H28N2O5/c1-5-24-15(3)11-20(16(24)4)21(26)14-30-23(28)17-12-22(27)25(13-17)18-7-9-19(10-8-18)29-6-2/h7-11,17H,5-6,12-14H2,1-4H3. The number of carbonyl (C=O) groups is 3. The fraction of sp³-hybridized carbons (Fsp3) is 0.435. The third kappa shape index (κ3) is 4.40. The van der Waals surface area contributed by atoms with Crippen LogP contribution in [0.5, 0.6) is 5.75 Å². The lowest BCUT2D eigenvalue weighted by Gasteiger charge is -2.17. The fourth-order valence-corrected chi connectivity index (χ4v) is 3.91. The third-order valence-electron chi connectivity index (χ3n) is 5.45. The number of aryl methyl sites for hydroxylation is 1. The summed E-state index contributed by atoms with van der Waals surface area (Å²) >= 11 is 0. The van der Waals surface area contributed by atoms with Gasteiger partial charge in [0.05, 0.1) is 12.5 Å². The minimum atomic E-state index is -0.583. The number of Topliss-reactive ketones (excluding diaryl/α,β-unsaturated/α-hetero) is 1. The molecule has 7 nitrogen and oxygen atoms in total. The normalized spacial score (nSPS) is 16.1. The van der Waals surface area contributed by atoms with E-state index in [0.717, 1.165) is 23.7 Å². The Kier molecular flexibility index (Phi) is 6.59. The van der Waals surface area contributed by atoms with Gasteiger partial charge in [-0.25, -0.2) is 0 Å². The molecule has 1 aliphatic rings. The summed E-state index contributed by atoms with van der Waals surface area (Å²) in [5.41, 5.74) is 3.15. The van der Waals surface area contributed by atoms with Crippen LogP contribution < -0.4 is 9.64 Å². The van der Waals surface area contributed by atoms with Gasteiger partial charge in [0, 0.05) is 42.1 Å². The van der Waals surface area contributed by atoms with Crippen LogP contribution in [0.3, 0.4) is 0 Å². The van der Waals surface area contributed by atoms with E-state index in [4.69, 9.17) is 9.47 Å². The van der Waals surface area contributed by atoms with Gasteiger partial charge in [0.1, 0.15) is 5.75 Å². The quantitative estimate of drug-likeness (QED) is 0.491. The number of carbonyl (C=O) groups excluding carboxylic acids is 3. The van der Waals surface area contributed by atoms with Crippen molar-refractivity contribution in [2.45, 2.75) is 40.7 Å². The zero-order valence-corrected chi connectivity index (χ0v) is 17.9. The highest BCUT2D eigenvalue weighted by Crippen LogP contribution is 2.27. The van der Waals surface area contributed by atoms with Gasteiger partial charge in [-0.1, -0.05) is 0 Å². The first kappa shape index (κ1) is 21.6. The van der Waals surface area contributed by atoms with Crippen molar-refractivity contribution in [3.63, 3.8) is 0 Å². The molecule has 2 heterocycles. The minimum Gasteiger partial charge on any atom is -0.494 e. The SMILES string of the molecule is CCOc1ccc(N2CC(C(=O)OCC(=O)c3cc(C)n(CC)c3C)CC2=O)cc1. The predicted molar refractivity (Wildman–Crippen MR) is 113 cm³/mol. The summed E-state index contributed by atoms with van der Waals surface area (Å²) in [4.78, 5) is 39.0. The maximum absolute atomic E-state index is 12.5. The highest BCUT2D eigenvalue weighted by Gasteiger charge is 2.36. The highest BCUT2D eigenvalue weighted by molar-refractivity contribution is 6.01. The van der Waals surface area contributed by atoms with E-state index in [1.54, 1.807) is 29.2 Å². The molecule has 0 spiro atoms. The van der Waals surface area contributed by atoms with Crippen LogP contribution in [0.4, 0.5) is 5.69 Å². The number of esters is 1. The molecule has 30 heavy (non-hydrogen) atoms. The van der Waals surface area contributed by atoms with Gasteiger partial charge < -0.3 is 18.9 Å². The second-order valence-corrected chi connectivity index (χ2v) is 7.39. The van der Waals surface area contributed by atoms with Crippen LogP contribution in [0.1, 0.15) is 42.0 Å². The topological polar surface area (TPSA) is 77.8 Å². The number of anilines is 1. The number of benzene rings is 1. The Bertz CT molecular complexity index is 945. The average Bonchev–Trinajstić information content (AvgIpc) is 3.26. The van der Waals surface area contributed by atoms with Crippen LogP contribution in [0.2, 0.25) is 0 Å². The van der Waals surface area contributed by atoms with Gasteiger partial charge in [-0.05, 0) is 58.0 Å². The summed E-state index contributed by atoms with van der Waals surface area (Å²) in [5, 5.41) is 0. The van der Waals surface area contributed by atoms with Crippen molar-refractivity contribution in [1.29, 1.82) is 0 Å². The molecule has 0 aliphatic carbocycles. The largest absolute Gasteiger partial charge is 0.494 e. The Morgan fingerprint density at radius 3 is 2.43 bits per heavy atom. The summed E-state index contributed by atoms with van der Waals surface area (Å²) in [6.45, 7) is 9.01. The van der Waals surface area contributed by atoms with E-state index in [1.165, 1.54) is 0 Å². The fourth-order valence-electron chi connectivity index (χ4n) is 3.91. The molecule has 1 atom stereocenters. The van der Waals surface area contributed by atoms with Gasteiger partial charge in [0.25, 0.3) is 0 Å². The van der Waals surface area contributed by atoms with E-state index in [2.05, 4.69) is 0 Å². The number of aromatic nitrogens is 1. The summed E-state index contributed by atoms with van der Waals surface area (Å²) in [6, 6.07) is 9.00. The van der Waals surface area contributed by atoms with Gasteiger partial charge in [-0.15, -0.1) is 0 Å². The van der Waals surface area contributed by atoms with Crippen molar-refractivity contribution in [2.24, 2.45) is 5.92 Å². The lowest BCUT2D eigenvalue weighted by molar-refractivity contribution is -0.147. The van der Waals surface area contributed by atoms with Gasteiger partial charge in [-0.2, -0.15) is 0 Å². The van der Waals surface area contributed by atoms with Gasteiger partial charge >= 0.3 is 5.97 Å². The first-order valence-electron chi connectivity index (χ1n) is 10.3. The van der Waals surface area contributed by atoms with Crippen LogP contribution in [0.15, 0.2) is 30.3 Å². The molecule has 1 aliphatic heterocycles. The Balaban J connectivity index is 1.59. The molecular weight excluding hydrogens is 384 g/mol. The molecule has 0 N–H and O–H groups in total. The van der Waals surface area contributed by atoms with Gasteiger partial charge in [0.15, 0.2) is 6.61 Å². The van der Waals surface area contributed by atoms with Crippen LogP contribution in [-0.2, 0) is 20.9 Å². The lowest BCUT2D eigenvalue weighted by atomic mass is 10.1. The van der Waals surface area contributed by atoms with Crippen LogP contribution in [-0.4, -0.2) is 42.0 Å². The Hall–Kier alpha value is -3.09. The molecule has 1 fully saturated rings. The highest BCUT2D eigenvalue weighted by atomic mass is 16.5. The molecular formula is C23H28N2O5. The van der Waals surface area contributed by atoms with E-state index in [0.29, 0.717) is 17.9 Å². The Morgan fingerprint density at radius 2 is 1.83 bits per heavy atom. The maximum atomic E-state index is 12.5. The van der Waals surface area contributed by atoms with E-state index >= 15 is 0 Å². The molecule has 3 rings (SSSR count). The monoisotopic (exact) mass is 412 g/mol. The summed E-state index contributed by atoms with van der Waals surface area (Å²) in [5.74, 6) is -0.748. The molecule has 1 amide bonds. The Labute approximate surface area is 176 Å². The molecule has 1 aromatic heterocycles. The molecule has 160 valence electrons. The molecule has 1 saturated heterocycles. The molecule has 7 heteroatoms. The van der Waals surface area contributed by atoms with Crippen molar-refractivity contribution in [3.05, 3.63) is 47.3 Å². The number of ether oxygens (including phenoxy) is 2. The number of hydrogen-bond donors (Lipinski definition) is 0. The first-order valence-corrected chi connectivity index (χ1v) is 10.3. The molecule has 1 aromatic carbocycles. The molecule has 0 bridgehead atoms. The number of amides is 1. The van der Waals surface area contributed by atoms with Gasteiger partial charge in [0.2, 0.25) is 11.7 Å². The molecule has 0 radical (unpaired) electrons. The summed E-state index contributed by atoms with van der Waals surface area (Å²) in [7, 11) is 0. The zero-order chi connectivity index (χ0) is 21.8. The third-order valence-corrected chi connectivity index (χ3v) is 5.45. The van der Waals surface area contributed by atoms with Crippen molar-refractivity contribution in [1.82, 2.24) is 4.57 Å². The van der Waals surface area contributed by atoms with Crippen molar-refractivity contribution >= 4 is 23.3 Å². The Morgan fingerprint density at radius 1 is 1.13 bits per heavy atom. The molecule has 2 aromatic rings. The van der Waals surface area contributed by atoms with Crippen molar-refractivity contribution in [3.8, 4) is 5.75 Å². The molecule has 1 unspecified atom stereocenters. The second kappa shape index (κ2) is 9.15. The molecule has 0 saturated carbocycles. The zero-order valence-electron chi connectivity index (χ0n) is 17.9. The van der Waals surface area contributed by atoms with Crippen LogP contribution >= 0.6 is 0 Å². The van der Waals surface area contributed by atoms with Gasteiger partial charge in [-0.3, -0.25) is 14.4 Å². The maximum Gasteiger partial charge on any atom is 0.311 e. The van der Waals surface area contributed by atoms with E-state index in [1.807, 2.05) is 38.3 Å². The number of hydrogen-bond acceptors (Lipinski definition) is 5. The van der Waals surface area contributed by atoms with E-state index in [9.17, 15) is 14.4 Å². The van der Waals surface area contributed by atoms with E-state index in [-0.39, 0.29) is 31.3 Å². The van der Waals surface area contributed by atoms with E-state index < -0.39 is 11.9 Å². The van der Waals surface area contributed by atoms with Crippen molar-refractivity contribution in [2.75, 3.05) is 24.7 Å². The van der Waals surface area contributed by atoms with Crippen LogP contribution in [0, 0.1) is 19.8 Å². The second-order valence-electron chi connectivity index (χ2n) is 7.39. The lowest BCUT2D eigenvalue weighted by Crippen LogP contribution is -2.27. The van der Waals surface area contributed by atoms with Crippen molar-refractivity contribution < 1.29 is 23.9 Å². The summed E-state index contributed by atoms with van der Waals surface area (Å²) in [6.07, 6.45) is 0.0740.